The molecular weight excluding hydrogens is 300 g/mol. The third-order valence-corrected chi connectivity index (χ3v) is 3.93. The van der Waals surface area contributed by atoms with Crippen LogP contribution in [0.15, 0.2) is 24.3 Å². The molecule has 0 amide bonds. The van der Waals surface area contributed by atoms with Gasteiger partial charge in [-0.05, 0) is 19.1 Å². The van der Waals surface area contributed by atoms with Gasteiger partial charge in [0.1, 0.15) is 12.6 Å². The summed E-state index contributed by atoms with van der Waals surface area (Å²) in [5, 5.41) is 0. The molecule has 7 heteroatoms. The van der Waals surface area contributed by atoms with Crippen molar-refractivity contribution >= 4 is 0 Å². The highest BCUT2D eigenvalue weighted by molar-refractivity contribution is 5.23. The molecule has 3 nitrogen and oxygen atoms in total. The fraction of sp³-hybridized carbons (Fsp3) is 0.600. The van der Waals surface area contributed by atoms with Crippen molar-refractivity contribution in [3.63, 3.8) is 0 Å². The molecule has 0 spiro atoms. The maximum Gasteiger partial charge on any atom is 0.403 e. The molecule has 0 bridgehead atoms. The van der Waals surface area contributed by atoms with Gasteiger partial charge in [0.25, 0.3) is 0 Å². The molecule has 124 valence electrons. The Morgan fingerprint density at radius 1 is 1.14 bits per heavy atom. The molecule has 1 saturated heterocycles. The lowest BCUT2D eigenvalue weighted by Gasteiger charge is -2.38. The number of para-hydroxylation sites is 1. The van der Waals surface area contributed by atoms with E-state index in [4.69, 9.17) is 4.74 Å². The van der Waals surface area contributed by atoms with E-state index < -0.39 is 18.0 Å². The fourth-order valence-corrected chi connectivity index (χ4v) is 2.43. The highest BCUT2D eigenvalue weighted by Gasteiger charge is 2.40. The second-order valence-electron chi connectivity index (χ2n) is 5.37. The molecule has 0 N–H and O–H groups in total. The van der Waals surface area contributed by atoms with Crippen molar-refractivity contribution in [2.45, 2.75) is 19.1 Å². The summed E-state index contributed by atoms with van der Waals surface area (Å²) in [6.45, 7) is 3.94. The fourth-order valence-electron chi connectivity index (χ4n) is 2.43. The van der Waals surface area contributed by atoms with Crippen LogP contribution in [0.3, 0.4) is 0 Å². The quantitative estimate of drug-likeness (QED) is 0.776. The molecule has 1 aliphatic rings. The lowest BCUT2D eigenvalue weighted by Crippen LogP contribution is -2.54. The summed E-state index contributed by atoms with van der Waals surface area (Å²) in [5.41, 5.74) is 0. The van der Waals surface area contributed by atoms with Crippen LogP contribution in [0, 0.1) is 5.82 Å². The number of benzene rings is 1. The van der Waals surface area contributed by atoms with Gasteiger partial charge < -0.3 is 4.74 Å². The van der Waals surface area contributed by atoms with Crippen molar-refractivity contribution in [1.82, 2.24) is 9.80 Å². The molecule has 0 saturated carbocycles. The number of hydrogen-bond acceptors (Lipinski definition) is 3. The smallest absolute Gasteiger partial charge is 0.403 e. The molecule has 1 atom stereocenters. The van der Waals surface area contributed by atoms with Gasteiger partial charge in [-0.15, -0.1) is 0 Å². The van der Waals surface area contributed by atoms with Crippen LogP contribution in [0.5, 0.6) is 5.75 Å². The Morgan fingerprint density at radius 2 is 1.77 bits per heavy atom. The SMILES string of the molecule is C[C@H](N1CCN(CCOc2ccccc2F)CC1)C(F)(F)F. The Kier molecular flexibility index (Phi) is 5.63. The summed E-state index contributed by atoms with van der Waals surface area (Å²) in [6.07, 6.45) is -4.18. The Bertz CT molecular complexity index is 473. The Balaban J connectivity index is 1.71. The van der Waals surface area contributed by atoms with Crippen molar-refractivity contribution in [2.75, 3.05) is 39.3 Å². The average molecular weight is 320 g/mol. The van der Waals surface area contributed by atoms with E-state index in [0.29, 0.717) is 39.3 Å². The second-order valence-corrected chi connectivity index (χ2v) is 5.37. The Hall–Kier alpha value is -1.34. The largest absolute Gasteiger partial charge is 0.489 e. The zero-order valence-corrected chi connectivity index (χ0v) is 12.4. The van der Waals surface area contributed by atoms with Crippen molar-refractivity contribution in [1.29, 1.82) is 0 Å². The summed E-state index contributed by atoms with van der Waals surface area (Å²) in [6, 6.07) is 4.74. The highest BCUT2D eigenvalue weighted by atomic mass is 19.4. The molecule has 1 aliphatic heterocycles. The van der Waals surface area contributed by atoms with Crippen molar-refractivity contribution in [3.05, 3.63) is 30.1 Å². The van der Waals surface area contributed by atoms with E-state index in [2.05, 4.69) is 0 Å². The predicted octanol–water partition coefficient (Wildman–Crippen LogP) is 2.77. The monoisotopic (exact) mass is 320 g/mol. The minimum absolute atomic E-state index is 0.201. The lowest BCUT2D eigenvalue weighted by molar-refractivity contribution is -0.182. The summed E-state index contributed by atoms with van der Waals surface area (Å²) < 4.78 is 56.7. The van der Waals surface area contributed by atoms with Gasteiger partial charge in [0.05, 0.1) is 0 Å². The highest BCUT2D eigenvalue weighted by Crippen LogP contribution is 2.25. The van der Waals surface area contributed by atoms with E-state index in [9.17, 15) is 17.6 Å². The first-order chi connectivity index (χ1) is 10.4. The van der Waals surface area contributed by atoms with Gasteiger partial charge in [0.15, 0.2) is 11.6 Å². The molecule has 0 unspecified atom stereocenters. The first-order valence-electron chi connectivity index (χ1n) is 7.28. The van der Waals surface area contributed by atoms with Crippen LogP contribution in [-0.4, -0.2) is 61.3 Å². The van der Waals surface area contributed by atoms with Gasteiger partial charge in [0, 0.05) is 32.7 Å². The lowest BCUT2D eigenvalue weighted by atomic mass is 10.2. The summed E-state index contributed by atoms with van der Waals surface area (Å²) >= 11 is 0. The Morgan fingerprint density at radius 3 is 2.36 bits per heavy atom. The number of rotatable bonds is 5. The number of halogens is 4. The topological polar surface area (TPSA) is 15.7 Å². The van der Waals surface area contributed by atoms with Crippen LogP contribution in [0.1, 0.15) is 6.92 Å². The molecule has 22 heavy (non-hydrogen) atoms. The molecule has 1 aromatic carbocycles. The van der Waals surface area contributed by atoms with E-state index in [1.165, 1.54) is 17.9 Å². The molecule has 0 aliphatic carbocycles. The Labute approximate surface area is 127 Å². The minimum Gasteiger partial charge on any atom is -0.489 e. The number of piperazine rings is 1. The first kappa shape index (κ1) is 17.0. The number of alkyl halides is 3. The third kappa shape index (κ3) is 4.58. The number of ether oxygens (including phenoxy) is 1. The van der Waals surface area contributed by atoms with Gasteiger partial charge in [-0.1, -0.05) is 12.1 Å². The van der Waals surface area contributed by atoms with Crippen LogP contribution in [-0.2, 0) is 0 Å². The summed E-state index contributed by atoms with van der Waals surface area (Å²) in [4.78, 5) is 3.47. The van der Waals surface area contributed by atoms with Crippen molar-refractivity contribution < 1.29 is 22.3 Å². The van der Waals surface area contributed by atoms with Crippen molar-refractivity contribution in [3.8, 4) is 5.75 Å². The van der Waals surface area contributed by atoms with Gasteiger partial charge in [-0.3, -0.25) is 9.80 Å². The molecular formula is C15H20F4N2O. The third-order valence-electron chi connectivity index (χ3n) is 3.93. The van der Waals surface area contributed by atoms with Crippen LogP contribution in [0.2, 0.25) is 0 Å². The van der Waals surface area contributed by atoms with Crippen LogP contribution in [0.25, 0.3) is 0 Å². The van der Waals surface area contributed by atoms with E-state index in [1.807, 2.05) is 4.90 Å². The van der Waals surface area contributed by atoms with Gasteiger partial charge >= 0.3 is 6.18 Å². The average Bonchev–Trinajstić information content (AvgIpc) is 2.48. The summed E-state index contributed by atoms with van der Waals surface area (Å²) in [7, 11) is 0. The molecule has 2 rings (SSSR count). The maximum absolute atomic E-state index is 13.4. The van der Waals surface area contributed by atoms with Crippen molar-refractivity contribution in [2.24, 2.45) is 0 Å². The summed E-state index contributed by atoms with van der Waals surface area (Å²) in [5.74, 6) is -0.210. The van der Waals surface area contributed by atoms with E-state index in [1.54, 1.807) is 18.2 Å². The van der Waals surface area contributed by atoms with E-state index in [0.717, 1.165) is 0 Å². The van der Waals surface area contributed by atoms with Crippen LogP contribution < -0.4 is 4.74 Å². The molecule has 0 aromatic heterocycles. The standard InChI is InChI=1S/C15H20F4N2O/c1-12(15(17,18)19)21-8-6-20(7-9-21)10-11-22-14-5-3-2-4-13(14)16/h2-5,12H,6-11H2,1H3/t12-/m0/s1. The van der Waals surface area contributed by atoms with Crippen LogP contribution in [0.4, 0.5) is 17.6 Å². The molecule has 0 radical (unpaired) electrons. The van der Waals surface area contributed by atoms with E-state index >= 15 is 0 Å². The predicted molar refractivity (Wildman–Crippen MR) is 75.4 cm³/mol. The second kappa shape index (κ2) is 7.28. The molecule has 1 heterocycles. The normalized spacial score (nSPS) is 19.1. The number of nitrogens with zero attached hydrogens (tertiary/aromatic N) is 2. The van der Waals surface area contributed by atoms with Gasteiger partial charge in [0.2, 0.25) is 0 Å². The molecule has 1 aromatic rings. The van der Waals surface area contributed by atoms with Gasteiger partial charge in [-0.25, -0.2) is 4.39 Å². The van der Waals surface area contributed by atoms with E-state index in [-0.39, 0.29) is 5.75 Å². The first-order valence-corrected chi connectivity index (χ1v) is 7.28. The molecule has 1 fully saturated rings. The minimum atomic E-state index is -4.18. The maximum atomic E-state index is 13.4. The van der Waals surface area contributed by atoms with Gasteiger partial charge in [-0.2, -0.15) is 13.2 Å². The van der Waals surface area contributed by atoms with Crippen LogP contribution >= 0.6 is 0 Å². The zero-order chi connectivity index (χ0) is 16.2. The zero-order valence-electron chi connectivity index (χ0n) is 12.4. The number of hydrogen-bond donors (Lipinski definition) is 0.